The van der Waals surface area contributed by atoms with Crippen molar-refractivity contribution in [1.82, 2.24) is 4.98 Å². The first-order valence-electron chi connectivity index (χ1n) is 9.88. The summed E-state index contributed by atoms with van der Waals surface area (Å²) >= 11 is 8.14. The van der Waals surface area contributed by atoms with Gasteiger partial charge in [-0.1, -0.05) is 23.7 Å². The molecule has 9 heteroatoms. The van der Waals surface area contributed by atoms with Gasteiger partial charge in [-0.3, -0.25) is 5.43 Å². The van der Waals surface area contributed by atoms with E-state index in [1.165, 1.54) is 0 Å². The number of anilines is 1. The fraction of sp³-hybridized carbons (Fsp3) is 0.208. The third kappa shape index (κ3) is 6.57. The van der Waals surface area contributed by atoms with Crippen molar-refractivity contribution >= 4 is 46.2 Å². The third-order valence-electron chi connectivity index (χ3n) is 4.57. The van der Waals surface area contributed by atoms with Gasteiger partial charge in [0, 0.05) is 23.4 Å². The number of hydrogen-bond donors (Lipinski definition) is 1. The molecule has 1 N–H and O–H groups in total. The quantitative estimate of drug-likeness (QED) is 0.200. The predicted octanol–water partition coefficient (Wildman–Crippen LogP) is 5.70. The smallest absolute Gasteiger partial charge is 0.174 e. The van der Waals surface area contributed by atoms with E-state index in [4.69, 9.17) is 25.8 Å². The molecule has 0 spiro atoms. The number of hydrogen-bond acceptors (Lipinski definition) is 7. The summed E-state index contributed by atoms with van der Waals surface area (Å²) in [6, 6.07) is 15.2. The zero-order chi connectivity index (χ0) is 23.8. The molecule has 0 fully saturated rings. The van der Waals surface area contributed by atoms with Crippen LogP contribution in [-0.2, 0) is 18.0 Å². The van der Waals surface area contributed by atoms with Gasteiger partial charge in [-0.2, -0.15) is 10.4 Å². The van der Waals surface area contributed by atoms with Crippen molar-refractivity contribution in [2.75, 3.05) is 19.6 Å². The highest BCUT2D eigenvalue weighted by molar-refractivity contribution is 14.1. The number of aryl methyl sites for hydroxylation is 1. The van der Waals surface area contributed by atoms with Crippen molar-refractivity contribution < 1.29 is 14.2 Å². The van der Waals surface area contributed by atoms with Gasteiger partial charge in [-0.05, 0) is 71.0 Å². The minimum Gasteiger partial charge on any atom is -0.493 e. The number of aromatic nitrogens is 1. The Morgan fingerprint density at radius 3 is 2.61 bits per heavy atom. The molecule has 170 valence electrons. The van der Waals surface area contributed by atoms with Crippen LogP contribution in [0.25, 0.3) is 0 Å². The average molecular weight is 577 g/mol. The standard InChI is InChI=1S/C24H22ClIN4O3/c1-15-8-18(14-31-2)20(11-27)24(29-15)30-28-12-17-9-21(26)23(22(10-17)32-3)33-13-16-4-6-19(25)7-5-16/h4-10,12H,13-14H2,1-3H3,(H,29,30). The topological polar surface area (TPSA) is 88.8 Å². The lowest BCUT2D eigenvalue weighted by Gasteiger charge is -2.14. The molecule has 0 saturated carbocycles. The molecule has 3 rings (SSSR count). The van der Waals surface area contributed by atoms with E-state index in [0.717, 1.165) is 26.0 Å². The van der Waals surface area contributed by atoms with Crippen molar-refractivity contribution in [3.05, 3.63) is 79.0 Å². The Balaban J connectivity index is 1.77. The van der Waals surface area contributed by atoms with Gasteiger partial charge in [0.05, 0.1) is 23.5 Å². The number of rotatable bonds is 9. The molecule has 0 aliphatic carbocycles. The summed E-state index contributed by atoms with van der Waals surface area (Å²) in [5, 5.41) is 14.5. The molecule has 1 aromatic heterocycles. The fourth-order valence-electron chi connectivity index (χ4n) is 3.07. The predicted molar refractivity (Wildman–Crippen MR) is 137 cm³/mol. The highest BCUT2D eigenvalue weighted by Gasteiger charge is 2.13. The summed E-state index contributed by atoms with van der Waals surface area (Å²) < 4.78 is 17.6. The minimum absolute atomic E-state index is 0.317. The number of nitriles is 1. The highest BCUT2D eigenvalue weighted by Crippen LogP contribution is 2.34. The Labute approximate surface area is 211 Å². The number of halogens is 2. The van der Waals surface area contributed by atoms with E-state index in [2.05, 4.69) is 44.2 Å². The Morgan fingerprint density at radius 1 is 1.18 bits per heavy atom. The molecule has 0 bridgehead atoms. The minimum atomic E-state index is 0.317. The maximum atomic E-state index is 9.54. The molecular formula is C24H22ClIN4O3. The summed E-state index contributed by atoms with van der Waals surface area (Å²) in [5.41, 5.74) is 6.58. The van der Waals surface area contributed by atoms with E-state index < -0.39 is 0 Å². The highest BCUT2D eigenvalue weighted by atomic mass is 127. The van der Waals surface area contributed by atoms with Crippen molar-refractivity contribution in [2.45, 2.75) is 20.1 Å². The lowest BCUT2D eigenvalue weighted by molar-refractivity contribution is 0.184. The van der Waals surface area contributed by atoms with Crippen molar-refractivity contribution in [2.24, 2.45) is 5.10 Å². The number of nitrogens with zero attached hydrogens (tertiary/aromatic N) is 3. The Hall–Kier alpha value is -2.87. The zero-order valence-corrected chi connectivity index (χ0v) is 21.3. The van der Waals surface area contributed by atoms with Crippen LogP contribution in [0.5, 0.6) is 11.5 Å². The zero-order valence-electron chi connectivity index (χ0n) is 18.4. The number of benzene rings is 2. The molecule has 7 nitrogen and oxygen atoms in total. The van der Waals surface area contributed by atoms with E-state index in [1.807, 2.05) is 49.4 Å². The molecule has 0 amide bonds. The van der Waals surface area contributed by atoms with E-state index in [-0.39, 0.29) is 0 Å². The summed E-state index contributed by atoms with van der Waals surface area (Å²) in [7, 11) is 3.17. The maximum Gasteiger partial charge on any atom is 0.174 e. The van der Waals surface area contributed by atoms with Crippen LogP contribution in [0.3, 0.4) is 0 Å². The molecule has 3 aromatic rings. The van der Waals surface area contributed by atoms with Crippen LogP contribution in [0.2, 0.25) is 5.02 Å². The van der Waals surface area contributed by atoms with Crippen LogP contribution < -0.4 is 14.9 Å². The summed E-state index contributed by atoms with van der Waals surface area (Å²) in [5.74, 6) is 1.62. The van der Waals surface area contributed by atoms with Crippen molar-refractivity contribution in [1.29, 1.82) is 5.26 Å². The molecule has 0 aliphatic rings. The second kappa shape index (κ2) is 11.8. The van der Waals surface area contributed by atoms with Gasteiger partial charge in [0.1, 0.15) is 18.2 Å². The van der Waals surface area contributed by atoms with Gasteiger partial charge in [-0.15, -0.1) is 0 Å². The van der Waals surface area contributed by atoms with Crippen molar-refractivity contribution in [3.63, 3.8) is 0 Å². The van der Waals surface area contributed by atoms with Gasteiger partial charge in [0.2, 0.25) is 0 Å². The van der Waals surface area contributed by atoms with Crippen LogP contribution >= 0.6 is 34.2 Å². The van der Waals surface area contributed by atoms with Crippen LogP contribution in [0.1, 0.15) is 27.9 Å². The maximum absolute atomic E-state index is 9.54. The normalized spacial score (nSPS) is 10.8. The van der Waals surface area contributed by atoms with Gasteiger partial charge in [0.15, 0.2) is 17.3 Å². The number of hydrazone groups is 1. The third-order valence-corrected chi connectivity index (χ3v) is 5.63. The van der Waals surface area contributed by atoms with E-state index in [1.54, 1.807) is 20.4 Å². The lowest BCUT2D eigenvalue weighted by Crippen LogP contribution is -2.04. The molecule has 0 saturated heterocycles. The Bertz CT molecular complexity index is 1190. The molecular weight excluding hydrogens is 555 g/mol. The van der Waals surface area contributed by atoms with Gasteiger partial charge in [0.25, 0.3) is 0 Å². The van der Waals surface area contributed by atoms with Gasteiger partial charge >= 0.3 is 0 Å². The molecule has 0 unspecified atom stereocenters. The second-order valence-electron chi connectivity index (χ2n) is 7.01. The van der Waals surface area contributed by atoms with Gasteiger partial charge in [-0.25, -0.2) is 4.98 Å². The Kier molecular flexibility index (Phi) is 8.88. The number of nitrogens with one attached hydrogen (secondary N) is 1. The summed E-state index contributed by atoms with van der Waals surface area (Å²) in [6.07, 6.45) is 1.63. The van der Waals surface area contributed by atoms with Crippen LogP contribution in [-0.4, -0.2) is 25.4 Å². The molecule has 1 heterocycles. The SMILES string of the molecule is COCc1cc(C)nc(NN=Cc2cc(I)c(OCc3ccc(Cl)cc3)c(OC)c2)c1C#N. The van der Waals surface area contributed by atoms with Crippen LogP contribution in [0.4, 0.5) is 5.82 Å². The van der Waals surface area contributed by atoms with Crippen LogP contribution in [0, 0.1) is 21.8 Å². The monoisotopic (exact) mass is 576 g/mol. The largest absolute Gasteiger partial charge is 0.493 e. The number of ether oxygens (including phenoxy) is 3. The average Bonchev–Trinajstić information content (AvgIpc) is 2.79. The number of pyridine rings is 1. The molecule has 0 atom stereocenters. The van der Waals surface area contributed by atoms with E-state index in [9.17, 15) is 5.26 Å². The molecule has 2 aromatic carbocycles. The second-order valence-corrected chi connectivity index (χ2v) is 8.61. The lowest BCUT2D eigenvalue weighted by atomic mass is 10.1. The number of methoxy groups -OCH3 is 2. The van der Waals surface area contributed by atoms with Crippen molar-refractivity contribution in [3.8, 4) is 17.6 Å². The van der Waals surface area contributed by atoms with E-state index in [0.29, 0.717) is 41.1 Å². The first-order valence-corrected chi connectivity index (χ1v) is 11.3. The van der Waals surface area contributed by atoms with Gasteiger partial charge < -0.3 is 14.2 Å². The molecule has 33 heavy (non-hydrogen) atoms. The molecule has 0 aliphatic heterocycles. The summed E-state index contributed by atoms with van der Waals surface area (Å²) in [6.45, 7) is 2.56. The fourth-order valence-corrected chi connectivity index (χ4v) is 3.98. The first-order chi connectivity index (χ1) is 15.9. The summed E-state index contributed by atoms with van der Waals surface area (Å²) in [4.78, 5) is 4.38. The first kappa shape index (κ1) is 24.8. The van der Waals surface area contributed by atoms with E-state index >= 15 is 0 Å². The Morgan fingerprint density at radius 2 is 1.94 bits per heavy atom. The van der Waals surface area contributed by atoms with Crippen LogP contribution in [0.15, 0.2) is 47.6 Å². The molecule has 0 radical (unpaired) electrons.